The van der Waals surface area contributed by atoms with Crippen LogP contribution >= 0.6 is 0 Å². The van der Waals surface area contributed by atoms with Gasteiger partial charge in [0.25, 0.3) is 0 Å². The Morgan fingerprint density at radius 2 is 1.71 bits per heavy atom. The van der Waals surface area contributed by atoms with Gasteiger partial charge in [0.2, 0.25) is 0 Å². The molecule has 0 unspecified atom stereocenters. The summed E-state index contributed by atoms with van der Waals surface area (Å²) in [7, 11) is 0. The van der Waals surface area contributed by atoms with Crippen LogP contribution in [0.4, 0.5) is 10.5 Å². The van der Waals surface area contributed by atoms with Crippen molar-refractivity contribution in [2.45, 2.75) is 64.0 Å². The van der Waals surface area contributed by atoms with Crippen molar-refractivity contribution in [3.63, 3.8) is 0 Å². The third-order valence-corrected chi connectivity index (χ3v) is 3.86. The summed E-state index contributed by atoms with van der Waals surface area (Å²) in [6, 6.07) is 8.37. The summed E-state index contributed by atoms with van der Waals surface area (Å²) in [6.07, 6.45) is 3.86. The lowest BCUT2D eigenvalue weighted by atomic mass is 9.82. The molecule has 1 fully saturated rings. The first-order valence-electron chi connectivity index (χ1n) is 7.68. The Kier molecular flexibility index (Phi) is 4.76. The number of nitrogen functional groups attached to an aromatic ring is 1. The van der Waals surface area contributed by atoms with Crippen LogP contribution in [0, 0.1) is 0 Å². The molecule has 116 valence electrons. The van der Waals surface area contributed by atoms with E-state index in [1.807, 2.05) is 32.9 Å². The number of ether oxygens (including phenoxy) is 1. The Labute approximate surface area is 127 Å². The van der Waals surface area contributed by atoms with Crippen LogP contribution < -0.4 is 11.1 Å². The van der Waals surface area contributed by atoms with E-state index in [1.165, 1.54) is 5.56 Å². The lowest BCUT2D eigenvalue weighted by Crippen LogP contribution is -2.40. The first kappa shape index (κ1) is 15.7. The van der Waals surface area contributed by atoms with E-state index in [4.69, 9.17) is 10.5 Å². The lowest BCUT2D eigenvalue weighted by Gasteiger charge is -2.30. The average molecular weight is 290 g/mol. The predicted molar refractivity (Wildman–Crippen MR) is 85.2 cm³/mol. The number of hydrogen-bond acceptors (Lipinski definition) is 3. The molecule has 21 heavy (non-hydrogen) atoms. The van der Waals surface area contributed by atoms with Crippen LogP contribution in [0.25, 0.3) is 0 Å². The fourth-order valence-corrected chi connectivity index (χ4v) is 2.81. The summed E-state index contributed by atoms with van der Waals surface area (Å²) in [5.74, 6) is 0.572. The van der Waals surface area contributed by atoms with Gasteiger partial charge in [-0.25, -0.2) is 4.79 Å². The molecule has 0 atom stereocenters. The van der Waals surface area contributed by atoms with Gasteiger partial charge in [0.05, 0.1) is 0 Å². The number of carbonyl (C=O) groups is 1. The summed E-state index contributed by atoms with van der Waals surface area (Å²) in [4.78, 5) is 11.8. The fraction of sp³-hybridized carbons (Fsp3) is 0.588. The van der Waals surface area contributed by atoms with Crippen LogP contribution in [0.3, 0.4) is 0 Å². The van der Waals surface area contributed by atoms with Gasteiger partial charge >= 0.3 is 6.09 Å². The zero-order valence-corrected chi connectivity index (χ0v) is 13.2. The smallest absolute Gasteiger partial charge is 0.407 e. The number of rotatable bonds is 2. The minimum Gasteiger partial charge on any atom is -0.444 e. The molecular formula is C17H26N2O2. The molecular weight excluding hydrogens is 264 g/mol. The highest BCUT2D eigenvalue weighted by Gasteiger charge is 2.25. The molecule has 4 heteroatoms. The molecule has 1 aliphatic rings. The van der Waals surface area contributed by atoms with E-state index in [0.717, 1.165) is 31.4 Å². The minimum absolute atomic E-state index is 0.227. The van der Waals surface area contributed by atoms with Crippen LogP contribution in [0.5, 0.6) is 0 Å². The quantitative estimate of drug-likeness (QED) is 0.814. The van der Waals surface area contributed by atoms with Crippen molar-refractivity contribution < 1.29 is 9.53 Å². The topological polar surface area (TPSA) is 64.3 Å². The van der Waals surface area contributed by atoms with Crippen LogP contribution in [0.15, 0.2) is 24.3 Å². The molecule has 0 aromatic heterocycles. The Morgan fingerprint density at radius 3 is 2.24 bits per heavy atom. The molecule has 0 bridgehead atoms. The van der Waals surface area contributed by atoms with E-state index in [1.54, 1.807) is 0 Å². The first-order chi connectivity index (χ1) is 9.83. The third kappa shape index (κ3) is 4.96. The van der Waals surface area contributed by atoms with Crippen molar-refractivity contribution in [1.29, 1.82) is 0 Å². The molecule has 0 spiro atoms. The molecule has 1 amide bonds. The molecule has 2 rings (SSSR count). The predicted octanol–water partition coefficient (Wildman–Crippen LogP) is 3.82. The van der Waals surface area contributed by atoms with E-state index in [2.05, 4.69) is 17.4 Å². The zero-order valence-electron chi connectivity index (χ0n) is 13.2. The van der Waals surface area contributed by atoms with Gasteiger partial charge in [0.15, 0.2) is 0 Å². The maximum Gasteiger partial charge on any atom is 0.407 e. The van der Waals surface area contributed by atoms with Gasteiger partial charge in [-0.1, -0.05) is 12.1 Å². The summed E-state index contributed by atoms with van der Waals surface area (Å²) in [6.45, 7) is 5.64. The molecule has 3 N–H and O–H groups in total. The molecule has 1 aromatic rings. The van der Waals surface area contributed by atoms with Gasteiger partial charge in [-0.05, 0) is 70.1 Å². The average Bonchev–Trinajstić information content (AvgIpc) is 2.38. The second kappa shape index (κ2) is 6.37. The molecule has 0 heterocycles. The van der Waals surface area contributed by atoms with Gasteiger partial charge in [-0.15, -0.1) is 0 Å². The van der Waals surface area contributed by atoms with E-state index in [-0.39, 0.29) is 12.1 Å². The minimum atomic E-state index is -0.439. The maximum absolute atomic E-state index is 11.8. The summed E-state index contributed by atoms with van der Waals surface area (Å²) >= 11 is 0. The molecule has 0 aliphatic heterocycles. The third-order valence-electron chi connectivity index (χ3n) is 3.86. The Balaban J connectivity index is 1.80. The molecule has 0 radical (unpaired) electrons. The monoisotopic (exact) mass is 290 g/mol. The second-order valence-electron chi connectivity index (χ2n) is 6.86. The van der Waals surface area contributed by atoms with Gasteiger partial charge in [0.1, 0.15) is 5.60 Å². The Hall–Kier alpha value is -1.71. The number of hydrogen-bond donors (Lipinski definition) is 2. The summed E-state index contributed by atoms with van der Waals surface area (Å²) in [5, 5.41) is 2.98. The number of carbonyl (C=O) groups excluding carboxylic acids is 1. The van der Waals surface area contributed by atoms with Crippen molar-refractivity contribution in [3.8, 4) is 0 Å². The number of nitrogens with two attached hydrogens (primary N) is 1. The van der Waals surface area contributed by atoms with Crippen LogP contribution in [0.1, 0.15) is 57.9 Å². The number of alkyl carbamates (subject to hydrolysis) is 1. The standard InChI is InChI=1S/C17H26N2O2/c1-17(2,3)21-16(20)19-15-10-6-13(7-11-15)12-4-8-14(18)9-5-12/h4-5,8-9,13,15H,6-7,10-11,18H2,1-3H3,(H,19,20)/t13-,15+. The Bertz CT molecular complexity index is 469. The van der Waals surface area contributed by atoms with E-state index < -0.39 is 5.60 Å². The van der Waals surface area contributed by atoms with Gasteiger partial charge in [0, 0.05) is 11.7 Å². The zero-order chi connectivity index (χ0) is 15.5. The second-order valence-corrected chi connectivity index (χ2v) is 6.86. The van der Waals surface area contributed by atoms with Crippen molar-refractivity contribution in [2.75, 3.05) is 5.73 Å². The lowest BCUT2D eigenvalue weighted by molar-refractivity contribution is 0.0491. The van der Waals surface area contributed by atoms with E-state index in [9.17, 15) is 4.79 Å². The van der Waals surface area contributed by atoms with Crippen LogP contribution in [0.2, 0.25) is 0 Å². The van der Waals surface area contributed by atoms with Crippen molar-refractivity contribution in [3.05, 3.63) is 29.8 Å². The Morgan fingerprint density at radius 1 is 1.14 bits per heavy atom. The normalized spacial score (nSPS) is 22.6. The van der Waals surface area contributed by atoms with Crippen LogP contribution in [-0.4, -0.2) is 17.7 Å². The number of anilines is 1. The van der Waals surface area contributed by atoms with Crippen molar-refractivity contribution >= 4 is 11.8 Å². The van der Waals surface area contributed by atoms with E-state index in [0.29, 0.717) is 5.92 Å². The van der Waals surface area contributed by atoms with Gasteiger partial charge in [-0.3, -0.25) is 0 Å². The first-order valence-corrected chi connectivity index (χ1v) is 7.68. The highest BCUT2D eigenvalue weighted by molar-refractivity contribution is 5.68. The molecule has 1 aromatic carbocycles. The highest BCUT2D eigenvalue weighted by atomic mass is 16.6. The summed E-state index contributed by atoms with van der Waals surface area (Å²) < 4.78 is 5.30. The number of amides is 1. The van der Waals surface area contributed by atoms with Crippen molar-refractivity contribution in [1.82, 2.24) is 5.32 Å². The van der Waals surface area contributed by atoms with Crippen LogP contribution in [-0.2, 0) is 4.74 Å². The summed E-state index contributed by atoms with van der Waals surface area (Å²) in [5.41, 5.74) is 7.43. The molecule has 0 saturated heterocycles. The van der Waals surface area contributed by atoms with Gasteiger partial charge in [-0.2, -0.15) is 0 Å². The molecule has 1 saturated carbocycles. The largest absolute Gasteiger partial charge is 0.444 e. The highest BCUT2D eigenvalue weighted by Crippen LogP contribution is 2.33. The molecule has 1 aliphatic carbocycles. The fourth-order valence-electron chi connectivity index (χ4n) is 2.81. The van der Waals surface area contributed by atoms with Crippen molar-refractivity contribution in [2.24, 2.45) is 0 Å². The maximum atomic E-state index is 11.8. The van der Waals surface area contributed by atoms with Gasteiger partial charge < -0.3 is 15.8 Å². The molecule has 4 nitrogen and oxygen atoms in total. The number of benzene rings is 1. The van der Waals surface area contributed by atoms with E-state index >= 15 is 0 Å². The number of nitrogens with one attached hydrogen (secondary N) is 1. The SMILES string of the molecule is CC(C)(C)OC(=O)N[C@H]1CC[C@@H](c2ccc(N)cc2)CC1.